The van der Waals surface area contributed by atoms with Crippen molar-refractivity contribution >= 4 is 40.3 Å². The lowest BCUT2D eigenvalue weighted by Gasteiger charge is -2.08. The molecule has 0 saturated carbocycles. The molecule has 0 aliphatic carbocycles. The summed E-state index contributed by atoms with van der Waals surface area (Å²) in [5, 5.41) is 2.61. The van der Waals surface area contributed by atoms with Gasteiger partial charge in [-0.05, 0) is 53.6 Å². The van der Waals surface area contributed by atoms with Gasteiger partial charge in [0.2, 0.25) is 0 Å². The molecule has 1 aliphatic rings. The van der Waals surface area contributed by atoms with E-state index in [0.29, 0.717) is 15.8 Å². The van der Waals surface area contributed by atoms with E-state index in [2.05, 4.69) is 34.1 Å². The Morgan fingerprint density at radius 3 is 2.37 bits per heavy atom. The van der Waals surface area contributed by atoms with Gasteiger partial charge >= 0.3 is 0 Å². The average molecular weight is 393 g/mol. The largest absolute Gasteiger partial charge is 0.489 e. The standard InChI is InChI=1S/C21H16N2O2S2/c24-20-19(27-21(26)22-20)13-15-5-9-18(10-6-15)25-14-16-3-7-17(8-4-16)23-11-1-2-12-23/h1-13H,14H2,(H,22,24,26)/b19-13-. The molecular weight excluding hydrogens is 376 g/mol. The van der Waals surface area contributed by atoms with Gasteiger partial charge in [0.05, 0.1) is 4.91 Å². The molecule has 134 valence electrons. The Balaban J connectivity index is 1.37. The van der Waals surface area contributed by atoms with E-state index >= 15 is 0 Å². The van der Waals surface area contributed by atoms with Crippen molar-refractivity contribution in [2.75, 3.05) is 0 Å². The lowest BCUT2D eigenvalue weighted by atomic mass is 10.2. The highest BCUT2D eigenvalue weighted by Gasteiger charge is 2.21. The van der Waals surface area contributed by atoms with Crippen LogP contribution in [0.4, 0.5) is 0 Å². The minimum Gasteiger partial charge on any atom is -0.489 e. The number of nitrogens with one attached hydrogen (secondary N) is 1. The number of ether oxygens (including phenoxy) is 1. The summed E-state index contributed by atoms with van der Waals surface area (Å²) >= 11 is 6.27. The van der Waals surface area contributed by atoms with E-state index in [4.69, 9.17) is 17.0 Å². The minimum atomic E-state index is -0.145. The second-order valence-corrected chi connectivity index (χ2v) is 7.69. The fourth-order valence-electron chi connectivity index (χ4n) is 2.67. The van der Waals surface area contributed by atoms with Crippen LogP contribution >= 0.6 is 24.0 Å². The first-order chi connectivity index (χ1) is 13.2. The Kier molecular flexibility index (Phi) is 5.09. The maximum atomic E-state index is 11.7. The number of thioether (sulfide) groups is 1. The summed E-state index contributed by atoms with van der Waals surface area (Å²) < 4.78 is 8.41. The number of carbonyl (C=O) groups excluding carboxylic acids is 1. The first kappa shape index (κ1) is 17.6. The van der Waals surface area contributed by atoms with E-state index in [9.17, 15) is 4.79 Å². The molecule has 4 nitrogen and oxygen atoms in total. The van der Waals surface area contributed by atoms with Gasteiger partial charge in [-0.2, -0.15) is 0 Å². The van der Waals surface area contributed by atoms with Crippen LogP contribution in [0.2, 0.25) is 0 Å². The molecule has 2 aromatic carbocycles. The SMILES string of the molecule is O=C1NC(=S)S/C1=C\c1ccc(OCc2ccc(-n3cccc3)cc2)cc1. The highest BCUT2D eigenvalue weighted by atomic mass is 32.2. The van der Waals surface area contributed by atoms with Gasteiger partial charge in [-0.15, -0.1) is 0 Å². The number of hydrogen-bond acceptors (Lipinski definition) is 4. The minimum absolute atomic E-state index is 0.145. The predicted octanol–water partition coefficient (Wildman–Crippen LogP) is 4.55. The number of benzene rings is 2. The van der Waals surface area contributed by atoms with Gasteiger partial charge in [-0.3, -0.25) is 4.79 Å². The molecule has 0 radical (unpaired) electrons. The fraction of sp³-hybridized carbons (Fsp3) is 0.0476. The molecule has 3 aromatic rings. The van der Waals surface area contributed by atoms with Crippen LogP contribution in [0, 0.1) is 0 Å². The molecule has 1 amide bonds. The summed E-state index contributed by atoms with van der Waals surface area (Å²) in [7, 11) is 0. The third-order valence-corrected chi connectivity index (χ3v) is 5.23. The first-order valence-corrected chi connectivity index (χ1v) is 9.60. The summed E-state index contributed by atoms with van der Waals surface area (Å²) in [4.78, 5) is 12.3. The summed E-state index contributed by atoms with van der Waals surface area (Å²) in [5.74, 6) is 0.638. The molecular formula is C21H16N2O2S2. The van der Waals surface area contributed by atoms with Crippen molar-refractivity contribution < 1.29 is 9.53 Å². The number of carbonyl (C=O) groups is 1. The number of hydrogen-bond donors (Lipinski definition) is 1. The van der Waals surface area contributed by atoms with E-state index in [0.717, 1.165) is 22.6 Å². The third kappa shape index (κ3) is 4.30. The molecule has 27 heavy (non-hydrogen) atoms. The van der Waals surface area contributed by atoms with Crippen LogP contribution in [-0.4, -0.2) is 14.8 Å². The van der Waals surface area contributed by atoms with Gasteiger partial charge in [0.1, 0.15) is 16.7 Å². The van der Waals surface area contributed by atoms with E-state index in [-0.39, 0.29) is 5.91 Å². The zero-order valence-electron chi connectivity index (χ0n) is 14.3. The number of aromatic nitrogens is 1. The molecule has 1 aliphatic heterocycles. The Bertz CT molecular complexity index is 992. The van der Waals surface area contributed by atoms with Crippen molar-refractivity contribution in [2.24, 2.45) is 0 Å². The van der Waals surface area contributed by atoms with Gasteiger partial charge in [0.25, 0.3) is 5.91 Å². The van der Waals surface area contributed by atoms with Crippen LogP contribution in [0.15, 0.2) is 78.0 Å². The summed E-state index contributed by atoms with van der Waals surface area (Å²) in [5.41, 5.74) is 3.15. The van der Waals surface area contributed by atoms with E-state index in [1.54, 1.807) is 0 Å². The fourth-order valence-corrected chi connectivity index (χ4v) is 3.71. The Labute approximate surface area is 166 Å². The normalized spacial score (nSPS) is 15.2. The van der Waals surface area contributed by atoms with E-state index < -0.39 is 0 Å². The second-order valence-electron chi connectivity index (χ2n) is 5.97. The number of nitrogens with zero attached hydrogens (tertiary/aromatic N) is 1. The summed E-state index contributed by atoms with van der Waals surface area (Å²) in [6, 6.07) is 19.9. The molecule has 0 unspecified atom stereocenters. The van der Waals surface area contributed by atoms with Crippen molar-refractivity contribution in [2.45, 2.75) is 6.61 Å². The maximum Gasteiger partial charge on any atom is 0.263 e. The van der Waals surface area contributed by atoms with Crippen molar-refractivity contribution in [3.63, 3.8) is 0 Å². The predicted molar refractivity (Wildman–Crippen MR) is 113 cm³/mol. The number of rotatable bonds is 5. The molecule has 0 spiro atoms. The van der Waals surface area contributed by atoms with Crippen LogP contribution in [0.3, 0.4) is 0 Å². The zero-order chi connectivity index (χ0) is 18.6. The summed E-state index contributed by atoms with van der Waals surface area (Å²) in [6.07, 6.45) is 5.86. The Hall–Kier alpha value is -2.83. The van der Waals surface area contributed by atoms with E-state index in [1.165, 1.54) is 11.8 Å². The molecule has 2 heterocycles. The molecule has 1 saturated heterocycles. The Morgan fingerprint density at radius 1 is 1.04 bits per heavy atom. The highest BCUT2D eigenvalue weighted by molar-refractivity contribution is 8.26. The lowest BCUT2D eigenvalue weighted by Crippen LogP contribution is -2.17. The van der Waals surface area contributed by atoms with Crippen molar-refractivity contribution in [3.05, 3.63) is 89.1 Å². The number of amides is 1. The summed E-state index contributed by atoms with van der Waals surface area (Å²) in [6.45, 7) is 0.499. The van der Waals surface area contributed by atoms with Crippen LogP contribution < -0.4 is 10.1 Å². The molecule has 0 atom stereocenters. The van der Waals surface area contributed by atoms with Crippen LogP contribution in [0.1, 0.15) is 11.1 Å². The smallest absolute Gasteiger partial charge is 0.263 e. The molecule has 1 N–H and O–H groups in total. The van der Waals surface area contributed by atoms with Crippen molar-refractivity contribution in [1.29, 1.82) is 0 Å². The second kappa shape index (κ2) is 7.82. The maximum absolute atomic E-state index is 11.7. The van der Waals surface area contributed by atoms with Crippen molar-refractivity contribution in [1.82, 2.24) is 9.88 Å². The van der Waals surface area contributed by atoms with Gasteiger partial charge in [-0.25, -0.2) is 0 Å². The van der Waals surface area contributed by atoms with E-state index in [1.807, 2.05) is 54.9 Å². The van der Waals surface area contributed by atoms with Gasteiger partial charge in [0.15, 0.2) is 0 Å². The first-order valence-electron chi connectivity index (χ1n) is 8.37. The van der Waals surface area contributed by atoms with Gasteiger partial charge in [-0.1, -0.05) is 48.2 Å². The molecule has 4 rings (SSSR count). The molecule has 1 aromatic heterocycles. The third-order valence-electron chi connectivity index (χ3n) is 4.06. The van der Waals surface area contributed by atoms with Gasteiger partial charge < -0.3 is 14.6 Å². The lowest BCUT2D eigenvalue weighted by molar-refractivity contribution is -0.115. The topological polar surface area (TPSA) is 43.3 Å². The molecule has 0 bridgehead atoms. The zero-order valence-corrected chi connectivity index (χ0v) is 15.9. The highest BCUT2D eigenvalue weighted by Crippen LogP contribution is 2.26. The quantitative estimate of drug-likeness (QED) is 0.511. The monoisotopic (exact) mass is 392 g/mol. The number of thiocarbonyl (C=S) groups is 1. The van der Waals surface area contributed by atoms with Crippen LogP contribution in [-0.2, 0) is 11.4 Å². The average Bonchev–Trinajstić information content (AvgIpc) is 3.32. The molecule has 6 heteroatoms. The molecule has 1 fully saturated rings. The van der Waals surface area contributed by atoms with Crippen LogP contribution in [0.5, 0.6) is 5.75 Å². The van der Waals surface area contributed by atoms with Gasteiger partial charge in [0, 0.05) is 18.1 Å². The van der Waals surface area contributed by atoms with Crippen molar-refractivity contribution in [3.8, 4) is 11.4 Å². The van der Waals surface area contributed by atoms with Crippen LogP contribution in [0.25, 0.3) is 11.8 Å². The Morgan fingerprint density at radius 2 is 1.74 bits per heavy atom.